The van der Waals surface area contributed by atoms with Crippen LogP contribution in [-0.4, -0.2) is 19.1 Å². The number of nitrogens with one attached hydrogen (secondary N) is 1. The van der Waals surface area contributed by atoms with Gasteiger partial charge in [-0.1, -0.05) is 0 Å². The van der Waals surface area contributed by atoms with E-state index in [1.807, 2.05) is 18.4 Å². The van der Waals surface area contributed by atoms with Gasteiger partial charge >= 0.3 is 5.97 Å². The van der Waals surface area contributed by atoms with Gasteiger partial charge in [-0.05, 0) is 30.9 Å². The molecule has 0 saturated heterocycles. The Hall–Kier alpha value is -1.03. The minimum atomic E-state index is -0.213. The minimum absolute atomic E-state index is 0.213. The van der Waals surface area contributed by atoms with Crippen LogP contribution in [0.2, 0.25) is 0 Å². The number of hydrogen-bond acceptors (Lipinski definition) is 4. The van der Waals surface area contributed by atoms with Crippen molar-refractivity contribution in [1.82, 2.24) is 0 Å². The molecule has 1 N–H and O–H groups in total. The lowest BCUT2D eigenvalue weighted by Gasteiger charge is -2.04. The summed E-state index contributed by atoms with van der Waals surface area (Å²) in [7, 11) is 0. The Balaban J connectivity index is 2.35. The van der Waals surface area contributed by atoms with Crippen LogP contribution in [0.4, 0.5) is 5.00 Å². The van der Waals surface area contributed by atoms with E-state index in [0.717, 1.165) is 10.6 Å². The number of aryl methyl sites for hydroxylation is 1. The lowest BCUT2D eigenvalue weighted by Crippen LogP contribution is -2.16. The summed E-state index contributed by atoms with van der Waals surface area (Å²) < 4.78 is 4.78. The van der Waals surface area contributed by atoms with Gasteiger partial charge < -0.3 is 10.1 Å². The lowest BCUT2D eigenvalue weighted by atomic mass is 10.4. The molecule has 1 rings (SSSR count). The van der Waals surface area contributed by atoms with Crippen LogP contribution in [0.1, 0.15) is 12.5 Å². The Labute approximate surface area is 81.7 Å². The zero-order valence-corrected chi connectivity index (χ0v) is 8.61. The minimum Gasteiger partial charge on any atom is -0.465 e. The van der Waals surface area contributed by atoms with Crippen LogP contribution in [-0.2, 0) is 9.53 Å². The van der Waals surface area contributed by atoms with Gasteiger partial charge in [0.25, 0.3) is 0 Å². The van der Waals surface area contributed by atoms with Gasteiger partial charge in [0.2, 0.25) is 0 Å². The Morgan fingerprint density at radius 3 is 3.00 bits per heavy atom. The molecule has 0 amide bonds. The second kappa shape index (κ2) is 4.87. The third-order valence-corrected chi connectivity index (χ3v) is 2.53. The highest BCUT2D eigenvalue weighted by atomic mass is 32.1. The van der Waals surface area contributed by atoms with Crippen LogP contribution in [0, 0.1) is 6.92 Å². The maximum Gasteiger partial charge on any atom is 0.325 e. The number of carbonyl (C=O) groups is 1. The zero-order chi connectivity index (χ0) is 9.68. The van der Waals surface area contributed by atoms with E-state index in [4.69, 9.17) is 4.74 Å². The fourth-order valence-corrected chi connectivity index (χ4v) is 1.74. The molecule has 0 aliphatic heterocycles. The molecule has 72 valence electrons. The summed E-state index contributed by atoms with van der Waals surface area (Å²) in [5.41, 5.74) is 1.16. The van der Waals surface area contributed by atoms with Crippen molar-refractivity contribution in [3.05, 3.63) is 17.0 Å². The smallest absolute Gasteiger partial charge is 0.325 e. The third kappa shape index (κ3) is 3.06. The van der Waals surface area contributed by atoms with Crippen molar-refractivity contribution in [2.45, 2.75) is 13.8 Å². The van der Waals surface area contributed by atoms with Gasteiger partial charge in [0.05, 0.1) is 11.6 Å². The van der Waals surface area contributed by atoms with Gasteiger partial charge in [0.15, 0.2) is 0 Å². The predicted octanol–water partition coefficient (Wildman–Crippen LogP) is 2.03. The van der Waals surface area contributed by atoms with Crippen LogP contribution >= 0.6 is 11.3 Å². The van der Waals surface area contributed by atoms with E-state index in [-0.39, 0.29) is 12.5 Å². The van der Waals surface area contributed by atoms with Crippen LogP contribution in [0.5, 0.6) is 0 Å². The molecule has 1 aromatic heterocycles. The number of thiophene rings is 1. The molecule has 0 spiro atoms. The van der Waals surface area contributed by atoms with Crippen molar-refractivity contribution in [3.8, 4) is 0 Å². The highest BCUT2D eigenvalue weighted by Crippen LogP contribution is 2.21. The van der Waals surface area contributed by atoms with Gasteiger partial charge in [-0.15, -0.1) is 11.3 Å². The maximum atomic E-state index is 11.0. The van der Waals surface area contributed by atoms with Crippen molar-refractivity contribution in [2.24, 2.45) is 0 Å². The van der Waals surface area contributed by atoms with Crippen molar-refractivity contribution in [3.63, 3.8) is 0 Å². The first-order valence-electron chi connectivity index (χ1n) is 4.17. The fourth-order valence-electron chi connectivity index (χ4n) is 0.918. The number of hydrogen-bond donors (Lipinski definition) is 1. The van der Waals surface area contributed by atoms with Crippen LogP contribution in [0.25, 0.3) is 0 Å². The Morgan fingerprint density at radius 2 is 2.46 bits per heavy atom. The number of anilines is 1. The molecule has 3 nitrogen and oxygen atoms in total. The average molecular weight is 199 g/mol. The molecule has 0 unspecified atom stereocenters. The van der Waals surface area contributed by atoms with Gasteiger partial charge in [0.1, 0.15) is 6.54 Å². The molecule has 0 saturated carbocycles. The molecule has 0 aliphatic rings. The van der Waals surface area contributed by atoms with E-state index in [1.54, 1.807) is 18.3 Å². The molecule has 0 aromatic carbocycles. The Bertz CT molecular complexity index is 283. The molecule has 0 atom stereocenters. The third-order valence-electron chi connectivity index (χ3n) is 1.56. The van der Waals surface area contributed by atoms with Gasteiger partial charge in [-0.25, -0.2) is 0 Å². The summed E-state index contributed by atoms with van der Waals surface area (Å²) >= 11 is 1.59. The van der Waals surface area contributed by atoms with Gasteiger partial charge in [0, 0.05) is 0 Å². The Morgan fingerprint density at radius 1 is 1.69 bits per heavy atom. The normalized spacial score (nSPS) is 9.69. The molecule has 0 bridgehead atoms. The van der Waals surface area contributed by atoms with E-state index in [9.17, 15) is 4.79 Å². The number of carbonyl (C=O) groups excluding carboxylic acids is 1. The number of rotatable bonds is 4. The standard InChI is InChI=1S/C9H13NO2S/c1-3-12-8(11)6-10-9-7(2)4-5-13-9/h4-5,10H,3,6H2,1-2H3. The summed E-state index contributed by atoms with van der Waals surface area (Å²) in [6.07, 6.45) is 0. The lowest BCUT2D eigenvalue weighted by molar-refractivity contribution is -0.140. The SMILES string of the molecule is CCOC(=O)CNc1sccc1C. The van der Waals surface area contributed by atoms with Crippen molar-refractivity contribution in [2.75, 3.05) is 18.5 Å². The quantitative estimate of drug-likeness (QED) is 0.754. The zero-order valence-electron chi connectivity index (χ0n) is 7.79. The molecule has 0 aliphatic carbocycles. The molecular formula is C9H13NO2S. The first kappa shape index (κ1) is 10.1. The van der Waals surface area contributed by atoms with Gasteiger partial charge in [-0.3, -0.25) is 4.79 Å². The van der Waals surface area contributed by atoms with E-state index >= 15 is 0 Å². The van der Waals surface area contributed by atoms with E-state index in [2.05, 4.69) is 5.32 Å². The van der Waals surface area contributed by atoms with Crippen LogP contribution in [0.15, 0.2) is 11.4 Å². The monoisotopic (exact) mass is 199 g/mol. The number of esters is 1. The molecule has 1 aromatic rings. The van der Waals surface area contributed by atoms with E-state index < -0.39 is 0 Å². The van der Waals surface area contributed by atoms with Gasteiger partial charge in [-0.2, -0.15) is 0 Å². The summed E-state index contributed by atoms with van der Waals surface area (Å²) in [4.78, 5) is 11.0. The van der Waals surface area contributed by atoms with Crippen LogP contribution in [0.3, 0.4) is 0 Å². The second-order valence-corrected chi connectivity index (χ2v) is 3.51. The first-order chi connectivity index (χ1) is 6.24. The van der Waals surface area contributed by atoms with Crippen molar-refractivity contribution < 1.29 is 9.53 Å². The average Bonchev–Trinajstić information content (AvgIpc) is 2.48. The highest BCUT2D eigenvalue weighted by molar-refractivity contribution is 7.14. The Kier molecular flexibility index (Phi) is 3.76. The fraction of sp³-hybridized carbons (Fsp3) is 0.444. The molecule has 0 radical (unpaired) electrons. The maximum absolute atomic E-state index is 11.0. The highest BCUT2D eigenvalue weighted by Gasteiger charge is 2.03. The topological polar surface area (TPSA) is 38.3 Å². The summed E-state index contributed by atoms with van der Waals surface area (Å²) in [5.74, 6) is -0.213. The van der Waals surface area contributed by atoms with E-state index in [0.29, 0.717) is 6.61 Å². The molecule has 0 fully saturated rings. The predicted molar refractivity (Wildman–Crippen MR) is 54.2 cm³/mol. The second-order valence-electron chi connectivity index (χ2n) is 2.59. The summed E-state index contributed by atoms with van der Waals surface area (Å²) in [6, 6.07) is 2.01. The molecule has 4 heteroatoms. The van der Waals surface area contributed by atoms with Crippen molar-refractivity contribution in [1.29, 1.82) is 0 Å². The molecule has 13 heavy (non-hydrogen) atoms. The van der Waals surface area contributed by atoms with Crippen molar-refractivity contribution >= 4 is 22.3 Å². The summed E-state index contributed by atoms with van der Waals surface area (Å²) in [5, 5.41) is 6.05. The largest absolute Gasteiger partial charge is 0.465 e. The summed E-state index contributed by atoms with van der Waals surface area (Å²) in [6.45, 7) is 4.48. The molecule has 1 heterocycles. The van der Waals surface area contributed by atoms with E-state index in [1.165, 1.54) is 0 Å². The number of ether oxygens (including phenoxy) is 1. The molecular weight excluding hydrogens is 186 g/mol. The first-order valence-corrected chi connectivity index (χ1v) is 5.05. The van der Waals surface area contributed by atoms with Crippen LogP contribution < -0.4 is 5.32 Å².